The normalized spacial score (nSPS) is 22.3. The molecule has 0 fully saturated rings. The maximum Gasteiger partial charge on any atom is 0.258 e. The van der Waals surface area contributed by atoms with Gasteiger partial charge in [0.15, 0.2) is 0 Å². The summed E-state index contributed by atoms with van der Waals surface area (Å²) in [5.41, 5.74) is 3.00. The van der Waals surface area contributed by atoms with Gasteiger partial charge in [0.05, 0.1) is 11.3 Å². The molecule has 1 unspecified atom stereocenters. The molecule has 98 valence electrons. The Morgan fingerprint density at radius 3 is 3.00 bits per heavy atom. The zero-order valence-corrected chi connectivity index (χ0v) is 11.2. The van der Waals surface area contributed by atoms with Gasteiger partial charge in [-0.25, -0.2) is 0 Å². The zero-order chi connectivity index (χ0) is 13.4. The van der Waals surface area contributed by atoms with Crippen LogP contribution >= 0.6 is 11.6 Å². The highest BCUT2D eigenvalue weighted by atomic mass is 35.5. The van der Waals surface area contributed by atoms with Crippen LogP contribution in [0.4, 0.5) is 0 Å². The Hall–Kier alpha value is -1.88. The Kier molecular flexibility index (Phi) is 2.98. The van der Waals surface area contributed by atoms with Gasteiger partial charge in [-0.1, -0.05) is 17.7 Å². The molecule has 0 saturated heterocycles. The first-order valence-corrected chi connectivity index (χ1v) is 6.47. The number of carbonyl (C=O) groups is 1. The number of pyridine rings is 1. The highest BCUT2D eigenvalue weighted by Crippen LogP contribution is 2.24. The second-order valence-electron chi connectivity index (χ2n) is 4.53. The summed E-state index contributed by atoms with van der Waals surface area (Å²) in [5, 5.41) is 6.41. The number of dihydropyridines is 1. The molecule has 0 radical (unpaired) electrons. The fourth-order valence-electron chi connectivity index (χ4n) is 2.26. The number of hydrogen-bond donors (Lipinski definition) is 2. The van der Waals surface area contributed by atoms with E-state index in [1.165, 1.54) is 0 Å². The molecule has 3 heterocycles. The molecule has 1 amide bonds. The van der Waals surface area contributed by atoms with Gasteiger partial charge in [0.1, 0.15) is 11.3 Å². The Morgan fingerprint density at radius 1 is 1.37 bits per heavy atom. The number of aromatic nitrogens is 1. The number of amides is 1. The fourth-order valence-corrected chi connectivity index (χ4v) is 2.54. The largest absolute Gasteiger partial charge is 0.363 e. The molecule has 0 spiro atoms. The quantitative estimate of drug-likeness (QED) is 0.815. The standard InChI is InChI=1S/C13H13ClN4O/c1-7-3-2-4-9(16-7)12-17-8-5-6-15-11(14)10(8)13(19)18-12/h2-4,12,17H,5-6H2,1H3,(H,18,19). The summed E-state index contributed by atoms with van der Waals surface area (Å²) in [5.74, 6) is -0.199. The van der Waals surface area contributed by atoms with Gasteiger partial charge in [0.2, 0.25) is 0 Å². The maximum absolute atomic E-state index is 12.1. The molecule has 0 bridgehead atoms. The molecular formula is C13H13ClN4O. The summed E-state index contributed by atoms with van der Waals surface area (Å²) in [6, 6.07) is 5.72. The number of rotatable bonds is 1. The lowest BCUT2D eigenvalue weighted by Crippen LogP contribution is -2.46. The van der Waals surface area contributed by atoms with E-state index < -0.39 is 0 Å². The molecule has 5 nitrogen and oxygen atoms in total. The first kappa shape index (κ1) is 12.2. The zero-order valence-electron chi connectivity index (χ0n) is 10.4. The van der Waals surface area contributed by atoms with Crippen molar-refractivity contribution in [2.24, 2.45) is 4.99 Å². The average molecular weight is 277 g/mol. The molecule has 3 rings (SSSR count). The number of aliphatic imine (C=N–C) groups is 1. The first-order chi connectivity index (χ1) is 9.15. The van der Waals surface area contributed by atoms with Gasteiger partial charge in [-0.2, -0.15) is 0 Å². The van der Waals surface area contributed by atoms with Crippen LogP contribution in [0, 0.1) is 6.92 Å². The van der Waals surface area contributed by atoms with E-state index in [4.69, 9.17) is 11.6 Å². The van der Waals surface area contributed by atoms with Gasteiger partial charge in [-0.05, 0) is 19.1 Å². The molecule has 0 aromatic carbocycles. The van der Waals surface area contributed by atoms with Gasteiger partial charge >= 0.3 is 0 Å². The second-order valence-corrected chi connectivity index (χ2v) is 4.89. The van der Waals surface area contributed by atoms with Gasteiger partial charge in [-0.15, -0.1) is 0 Å². The number of carbonyl (C=O) groups excluding carboxylic acids is 1. The highest BCUT2D eigenvalue weighted by molar-refractivity contribution is 6.72. The van der Waals surface area contributed by atoms with Crippen LogP contribution in [0.1, 0.15) is 24.0 Å². The lowest BCUT2D eigenvalue weighted by molar-refractivity contribution is -0.118. The van der Waals surface area contributed by atoms with E-state index in [2.05, 4.69) is 20.6 Å². The predicted octanol–water partition coefficient (Wildman–Crippen LogP) is 1.40. The number of nitrogens with zero attached hydrogens (tertiary/aromatic N) is 2. The van der Waals surface area contributed by atoms with Crippen molar-refractivity contribution in [3.8, 4) is 0 Å². The van der Waals surface area contributed by atoms with Gasteiger partial charge < -0.3 is 10.6 Å². The molecule has 0 aliphatic carbocycles. The number of halogens is 1. The van der Waals surface area contributed by atoms with E-state index in [-0.39, 0.29) is 17.2 Å². The first-order valence-electron chi connectivity index (χ1n) is 6.09. The van der Waals surface area contributed by atoms with Gasteiger partial charge in [0, 0.05) is 24.4 Å². The van der Waals surface area contributed by atoms with Crippen molar-refractivity contribution in [3.05, 3.63) is 40.9 Å². The molecule has 2 N–H and O–H groups in total. The summed E-state index contributed by atoms with van der Waals surface area (Å²) in [6.45, 7) is 2.52. The molecule has 6 heteroatoms. The van der Waals surface area contributed by atoms with Crippen LogP contribution in [0.5, 0.6) is 0 Å². The minimum Gasteiger partial charge on any atom is -0.363 e. The van der Waals surface area contributed by atoms with Crippen LogP contribution in [0.3, 0.4) is 0 Å². The Morgan fingerprint density at radius 2 is 2.21 bits per heavy atom. The van der Waals surface area contributed by atoms with Crippen molar-refractivity contribution < 1.29 is 4.79 Å². The molecule has 2 aliphatic heterocycles. The second kappa shape index (κ2) is 4.66. The number of hydrogen-bond acceptors (Lipinski definition) is 4. The topological polar surface area (TPSA) is 66.4 Å². The van der Waals surface area contributed by atoms with Crippen LogP contribution < -0.4 is 10.6 Å². The van der Waals surface area contributed by atoms with Gasteiger partial charge in [-0.3, -0.25) is 14.8 Å². The minimum absolute atomic E-state index is 0.199. The lowest BCUT2D eigenvalue weighted by atomic mass is 10.0. The van der Waals surface area contributed by atoms with E-state index in [0.29, 0.717) is 18.5 Å². The van der Waals surface area contributed by atoms with Crippen molar-refractivity contribution in [1.82, 2.24) is 15.6 Å². The third-order valence-electron chi connectivity index (χ3n) is 3.15. The molecule has 1 aromatic rings. The van der Waals surface area contributed by atoms with Crippen molar-refractivity contribution in [2.45, 2.75) is 19.5 Å². The summed E-state index contributed by atoms with van der Waals surface area (Å²) in [7, 11) is 0. The van der Waals surface area contributed by atoms with Crippen molar-refractivity contribution in [2.75, 3.05) is 6.54 Å². The van der Waals surface area contributed by atoms with Crippen LogP contribution in [0.15, 0.2) is 34.5 Å². The Bertz CT molecular complexity index is 608. The summed E-state index contributed by atoms with van der Waals surface area (Å²) < 4.78 is 0. The van der Waals surface area contributed by atoms with Crippen LogP contribution in [0.2, 0.25) is 0 Å². The fraction of sp³-hybridized carbons (Fsp3) is 0.308. The lowest BCUT2D eigenvalue weighted by Gasteiger charge is -2.31. The molecule has 0 saturated carbocycles. The Labute approximate surface area is 115 Å². The number of nitrogens with one attached hydrogen (secondary N) is 2. The van der Waals surface area contributed by atoms with Crippen molar-refractivity contribution >= 4 is 22.7 Å². The highest BCUT2D eigenvalue weighted by Gasteiger charge is 2.31. The van der Waals surface area contributed by atoms with Crippen LogP contribution in [0.25, 0.3) is 0 Å². The minimum atomic E-state index is -0.311. The van der Waals surface area contributed by atoms with E-state index in [9.17, 15) is 4.79 Å². The van der Waals surface area contributed by atoms with E-state index in [0.717, 1.165) is 17.1 Å². The maximum atomic E-state index is 12.1. The van der Waals surface area contributed by atoms with E-state index in [1.54, 1.807) is 0 Å². The SMILES string of the molecule is Cc1cccc(C2NC(=O)C3=C(CCN=C3Cl)N2)n1. The van der Waals surface area contributed by atoms with Gasteiger partial charge in [0.25, 0.3) is 5.91 Å². The Balaban J connectivity index is 1.94. The third-order valence-corrected chi connectivity index (χ3v) is 3.46. The predicted molar refractivity (Wildman–Crippen MR) is 72.8 cm³/mol. The molecule has 1 aromatic heterocycles. The molecule has 19 heavy (non-hydrogen) atoms. The summed E-state index contributed by atoms with van der Waals surface area (Å²) in [4.78, 5) is 20.6. The summed E-state index contributed by atoms with van der Waals surface area (Å²) in [6.07, 6.45) is 0.384. The van der Waals surface area contributed by atoms with E-state index in [1.807, 2.05) is 25.1 Å². The monoisotopic (exact) mass is 276 g/mol. The van der Waals surface area contributed by atoms with Crippen molar-refractivity contribution in [1.29, 1.82) is 0 Å². The van der Waals surface area contributed by atoms with Crippen LogP contribution in [-0.4, -0.2) is 22.6 Å². The van der Waals surface area contributed by atoms with Crippen LogP contribution in [-0.2, 0) is 4.79 Å². The average Bonchev–Trinajstić information content (AvgIpc) is 2.38. The molecule has 2 aliphatic rings. The molecule has 1 atom stereocenters. The number of aryl methyl sites for hydroxylation is 1. The third kappa shape index (κ3) is 2.21. The molecular weight excluding hydrogens is 264 g/mol. The summed E-state index contributed by atoms with van der Waals surface area (Å²) >= 11 is 5.98. The van der Waals surface area contributed by atoms with Crippen molar-refractivity contribution in [3.63, 3.8) is 0 Å². The van der Waals surface area contributed by atoms with E-state index >= 15 is 0 Å². The smallest absolute Gasteiger partial charge is 0.258 e.